The number of nitrogens with zero attached hydrogens (tertiary/aromatic N) is 4. The van der Waals surface area contributed by atoms with E-state index < -0.39 is 0 Å². The maximum atomic E-state index is 6.37. The standard InChI is InChI=1S/C16H24ClN5O2S/c1-4-7-24-15-13(17)9-12(10-14(15)23-5-2)11-18-6-8-25-16-19-20-21-22(16)3/h9-10,18H,4-8,11H2,1-3H3. The minimum Gasteiger partial charge on any atom is -0.490 e. The largest absolute Gasteiger partial charge is 0.490 e. The highest BCUT2D eigenvalue weighted by atomic mass is 35.5. The molecule has 2 aromatic rings. The van der Waals surface area contributed by atoms with Crippen LogP contribution in [0.15, 0.2) is 17.3 Å². The van der Waals surface area contributed by atoms with Gasteiger partial charge in [-0.25, -0.2) is 4.68 Å². The van der Waals surface area contributed by atoms with Crippen LogP contribution in [0, 0.1) is 0 Å². The van der Waals surface area contributed by atoms with Crippen molar-refractivity contribution in [3.63, 3.8) is 0 Å². The monoisotopic (exact) mass is 385 g/mol. The number of thioether (sulfide) groups is 1. The van der Waals surface area contributed by atoms with E-state index in [0.717, 1.165) is 29.4 Å². The van der Waals surface area contributed by atoms with E-state index >= 15 is 0 Å². The Morgan fingerprint density at radius 3 is 2.80 bits per heavy atom. The zero-order chi connectivity index (χ0) is 18.1. The Morgan fingerprint density at radius 1 is 1.28 bits per heavy atom. The Kier molecular flexibility index (Phi) is 8.30. The number of hydrogen-bond acceptors (Lipinski definition) is 7. The fourth-order valence-electron chi connectivity index (χ4n) is 2.12. The third kappa shape index (κ3) is 6.05. The molecule has 0 fully saturated rings. The van der Waals surface area contributed by atoms with Crippen molar-refractivity contribution >= 4 is 23.4 Å². The van der Waals surface area contributed by atoms with Crippen LogP contribution in [0.5, 0.6) is 11.5 Å². The molecular formula is C16H24ClN5O2S. The Bertz CT molecular complexity index is 668. The van der Waals surface area contributed by atoms with Crippen LogP contribution in [0.2, 0.25) is 5.02 Å². The molecule has 0 bridgehead atoms. The molecule has 0 aliphatic carbocycles. The lowest BCUT2D eigenvalue weighted by Gasteiger charge is -2.15. The molecule has 0 saturated carbocycles. The van der Waals surface area contributed by atoms with Gasteiger partial charge in [0.05, 0.1) is 18.2 Å². The molecule has 0 atom stereocenters. The molecular weight excluding hydrogens is 362 g/mol. The SMILES string of the molecule is CCCOc1c(Cl)cc(CNCCSc2nnnn2C)cc1OCC. The molecule has 1 N–H and O–H groups in total. The van der Waals surface area contributed by atoms with Gasteiger partial charge in [-0.15, -0.1) is 5.10 Å². The van der Waals surface area contributed by atoms with Gasteiger partial charge >= 0.3 is 0 Å². The van der Waals surface area contributed by atoms with Crippen molar-refractivity contribution in [2.75, 3.05) is 25.5 Å². The summed E-state index contributed by atoms with van der Waals surface area (Å²) in [6, 6.07) is 3.90. The molecule has 7 nitrogen and oxygen atoms in total. The minimum atomic E-state index is 0.568. The lowest BCUT2D eigenvalue weighted by molar-refractivity contribution is 0.277. The fourth-order valence-corrected chi connectivity index (χ4v) is 3.16. The van der Waals surface area contributed by atoms with Gasteiger partial charge in [0.25, 0.3) is 0 Å². The molecule has 0 saturated heterocycles. The van der Waals surface area contributed by atoms with Crippen molar-refractivity contribution in [1.82, 2.24) is 25.5 Å². The second kappa shape index (κ2) is 10.5. The molecule has 1 aromatic carbocycles. The van der Waals surface area contributed by atoms with E-state index in [0.29, 0.717) is 36.3 Å². The van der Waals surface area contributed by atoms with Gasteiger partial charge in [-0.1, -0.05) is 30.3 Å². The number of ether oxygens (including phenoxy) is 2. The van der Waals surface area contributed by atoms with E-state index in [4.69, 9.17) is 21.1 Å². The molecule has 1 aromatic heterocycles. The van der Waals surface area contributed by atoms with Gasteiger partial charge in [0.15, 0.2) is 11.5 Å². The summed E-state index contributed by atoms with van der Waals surface area (Å²) in [7, 11) is 1.83. The first-order valence-electron chi connectivity index (χ1n) is 8.29. The van der Waals surface area contributed by atoms with Crippen LogP contribution in [-0.2, 0) is 13.6 Å². The highest BCUT2D eigenvalue weighted by Crippen LogP contribution is 2.36. The topological polar surface area (TPSA) is 74.1 Å². The Hall–Kier alpha value is -1.51. The van der Waals surface area contributed by atoms with Crippen molar-refractivity contribution in [2.45, 2.75) is 32.0 Å². The third-order valence-corrected chi connectivity index (χ3v) is 4.53. The van der Waals surface area contributed by atoms with Crippen LogP contribution < -0.4 is 14.8 Å². The van der Waals surface area contributed by atoms with Crippen molar-refractivity contribution in [3.05, 3.63) is 22.7 Å². The minimum absolute atomic E-state index is 0.568. The molecule has 138 valence electrons. The molecule has 0 unspecified atom stereocenters. The number of benzene rings is 1. The van der Waals surface area contributed by atoms with Crippen LogP contribution >= 0.6 is 23.4 Å². The average Bonchev–Trinajstić information content (AvgIpc) is 2.99. The summed E-state index contributed by atoms with van der Waals surface area (Å²) < 4.78 is 13.1. The van der Waals surface area contributed by atoms with E-state index in [9.17, 15) is 0 Å². The first-order chi connectivity index (χ1) is 12.2. The number of tetrazole rings is 1. The summed E-state index contributed by atoms with van der Waals surface area (Å²) in [5.41, 5.74) is 1.06. The van der Waals surface area contributed by atoms with Crippen LogP contribution in [0.1, 0.15) is 25.8 Å². The Labute approximate surface area is 157 Å². The van der Waals surface area contributed by atoms with Crippen molar-refractivity contribution in [1.29, 1.82) is 0 Å². The summed E-state index contributed by atoms with van der Waals surface area (Å²) in [4.78, 5) is 0. The predicted octanol–water partition coefficient (Wildman–Crippen LogP) is 2.93. The van der Waals surface area contributed by atoms with E-state index in [1.54, 1.807) is 16.4 Å². The van der Waals surface area contributed by atoms with Crippen molar-refractivity contribution in [2.24, 2.45) is 7.05 Å². The first-order valence-corrected chi connectivity index (χ1v) is 9.65. The highest BCUT2D eigenvalue weighted by Gasteiger charge is 2.12. The zero-order valence-corrected chi connectivity index (χ0v) is 16.4. The molecule has 0 radical (unpaired) electrons. The number of halogens is 1. The Balaban J connectivity index is 1.87. The van der Waals surface area contributed by atoms with E-state index in [1.807, 2.05) is 26.1 Å². The quantitative estimate of drug-likeness (QED) is 0.470. The summed E-state index contributed by atoms with van der Waals surface area (Å²) >= 11 is 7.98. The van der Waals surface area contributed by atoms with Gasteiger partial charge in [0.2, 0.25) is 5.16 Å². The maximum absolute atomic E-state index is 6.37. The summed E-state index contributed by atoms with van der Waals surface area (Å²) in [6.45, 7) is 6.71. The van der Waals surface area contributed by atoms with Crippen LogP contribution in [0.25, 0.3) is 0 Å². The smallest absolute Gasteiger partial charge is 0.209 e. The van der Waals surface area contributed by atoms with Gasteiger partial charge in [-0.05, 0) is 41.5 Å². The highest BCUT2D eigenvalue weighted by molar-refractivity contribution is 7.99. The molecule has 2 rings (SSSR count). The second-order valence-corrected chi connectivity index (χ2v) is 6.77. The number of nitrogens with one attached hydrogen (secondary N) is 1. The predicted molar refractivity (Wildman–Crippen MR) is 99.6 cm³/mol. The van der Waals surface area contributed by atoms with E-state index in [2.05, 4.69) is 27.8 Å². The average molecular weight is 386 g/mol. The number of hydrogen-bond donors (Lipinski definition) is 1. The van der Waals surface area contributed by atoms with Crippen molar-refractivity contribution in [3.8, 4) is 11.5 Å². The lowest BCUT2D eigenvalue weighted by atomic mass is 10.2. The summed E-state index contributed by atoms with van der Waals surface area (Å²) in [5, 5.41) is 16.1. The zero-order valence-electron chi connectivity index (χ0n) is 14.8. The van der Waals surface area contributed by atoms with Gasteiger partial charge in [0, 0.05) is 25.9 Å². The maximum Gasteiger partial charge on any atom is 0.209 e. The van der Waals surface area contributed by atoms with Crippen LogP contribution in [0.4, 0.5) is 0 Å². The third-order valence-electron chi connectivity index (χ3n) is 3.24. The van der Waals surface area contributed by atoms with Gasteiger partial charge in [-0.2, -0.15) is 0 Å². The van der Waals surface area contributed by atoms with E-state index in [1.165, 1.54) is 0 Å². The molecule has 25 heavy (non-hydrogen) atoms. The number of aromatic nitrogens is 4. The second-order valence-electron chi connectivity index (χ2n) is 5.30. The molecule has 1 heterocycles. The van der Waals surface area contributed by atoms with Crippen LogP contribution in [-0.4, -0.2) is 45.7 Å². The molecule has 9 heteroatoms. The molecule has 0 spiro atoms. The Morgan fingerprint density at radius 2 is 2.12 bits per heavy atom. The fraction of sp³-hybridized carbons (Fsp3) is 0.562. The first kappa shape index (κ1) is 19.8. The summed E-state index contributed by atoms with van der Waals surface area (Å²) in [5.74, 6) is 2.19. The normalized spacial score (nSPS) is 10.9. The van der Waals surface area contributed by atoms with Crippen molar-refractivity contribution < 1.29 is 9.47 Å². The van der Waals surface area contributed by atoms with Gasteiger partial charge < -0.3 is 14.8 Å². The lowest BCUT2D eigenvalue weighted by Crippen LogP contribution is -2.17. The van der Waals surface area contributed by atoms with E-state index in [-0.39, 0.29) is 0 Å². The number of rotatable bonds is 11. The van der Waals surface area contributed by atoms with Gasteiger partial charge in [0.1, 0.15) is 0 Å². The molecule has 0 amide bonds. The van der Waals surface area contributed by atoms with Gasteiger partial charge in [-0.3, -0.25) is 0 Å². The van der Waals surface area contributed by atoms with Crippen LogP contribution in [0.3, 0.4) is 0 Å². The summed E-state index contributed by atoms with van der Waals surface area (Å²) in [6.07, 6.45) is 0.921. The number of aryl methyl sites for hydroxylation is 1. The molecule has 0 aliphatic heterocycles. The molecule has 0 aliphatic rings.